The van der Waals surface area contributed by atoms with Crippen LogP contribution in [-0.2, 0) is 71.4 Å². The summed E-state index contributed by atoms with van der Waals surface area (Å²) in [6.45, 7) is 8.07. The Labute approximate surface area is 526 Å². The summed E-state index contributed by atoms with van der Waals surface area (Å²) in [5.74, 6) is -1.58. The first-order valence-electron chi connectivity index (χ1n) is 32.7. The number of unbranched alkanes of at least 4 members (excludes halogenated alkanes) is 7. The van der Waals surface area contributed by atoms with Gasteiger partial charge in [0.25, 0.3) is 0 Å². The fourth-order valence-corrected chi connectivity index (χ4v) is 10.6. The lowest BCUT2D eigenvalue weighted by Crippen LogP contribution is -2.55. The first kappa shape index (κ1) is 80.1. The highest BCUT2D eigenvalue weighted by molar-refractivity contribution is 5.80. The van der Waals surface area contributed by atoms with Crippen LogP contribution in [0, 0.1) is 23.2 Å². The highest BCUT2D eigenvalue weighted by atomic mass is 16.7. The van der Waals surface area contributed by atoms with Gasteiger partial charge >= 0.3 is 0 Å². The molecule has 0 spiro atoms. The highest BCUT2D eigenvalue weighted by Crippen LogP contribution is 2.30. The Hall–Kier alpha value is -3.10. The van der Waals surface area contributed by atoms with Crippen molar-refractivity contribution in [2.45, 2.75) is 249 Å². The average molecular weight is 1280 g/mol. The van der Waals surface area contributed by atoms with E-state index in [0.29, 0.717) is 142 Å². The minimum atomic E-state index is -1.21. The number of rotatable bonds is 52. The van der Waals surface area contributed by atoms with Crippen LogP contribution < -0.4 is 10.6 Å². The summed E-state index contributed by atoms with van der Waals surface area (Å²) >= 11 is 0. The third kappa shape index (κ3) is 32.1. The molecule has 3 saturated heterocycles. The highest BCUT2D eigenvalue weighted by Gasteiger charge is 2.44. The fourth-order valence-electron chi connectivity index (χ4n) is 10.6. The van der Waals surface area contributed by atoms with Crippen molar-refractivity contribution in [2.75, 3.05) is 92.4 Å². The second-order valence-corrected chi connectivity index (χ2v) is 24.7. The number of carbonyl (C=O) groups is 6. The Balaban J connectivity index is 1.29. The summed E-state index contributed by atoms with van der Waals surface area (Å²) in [6.07, 6.45) is -0.332. The van der Waals surface area contributed by atoms with Gasteiger partial charge in [0.1, 0.15) is 66.4 Å². The van der Waals surface area contributed by atoms with Crippen molar-refractivity contribution in [3.8, 4) is 0 Å². The lowest BCUT2D eigenvalue weighted by Gasteiger charge is -2.40. The number of ketones is 4. The minimum Gasteiger partial charge on any atom is -0.394 e. The molecule has 518 valence electrons. The van der Waals surface area contributed by atoms with E-state index in [1.54, 1.807) is 20.8 Å². The van der Waals surface area contributed by atoms with Gasteiger partial charge in [-0.25, -0.2) is 0 Å². The van der Waals surface area contributed by atoms with Crippen molar-refractivity contribution in [1.29, 1.82) is 0 Å². The van der Waals surface area contributed by atoms with E-state index in [1.807, 2.05) is 6.92 Å². The minimum absolute atomic E-state index is 0.0472. The molecule has 26 heteroatoms. The molecule has 0 aliphatic carbocycles. The molecule has 3 rings (SSSR count). The third-order valence-corrected chi connectivity index (χ3v) is 16.8. The topological polar surface area (TPSA) is 392 Å². The first-order chi connectivity index (χ1) is 42.6. The number of Topliss-reactive ketones (excluding diaryl/α,β-unsaturated/α-hetero) is 4. The molecule has 89 heavy (non-hydrogen) atoms. The lowest BCUT2D eigenvalue weighted by molar-refractivity contribution is -0.282. The van der Waals surface area contributed by atoms with Gasteiger partial charge < -0.3 is 99.2 Å². The second-order valence-electron chi connectivity index (χ2n) is 24.7. The van der Waals surface area contributed by atoms with Crippen molar-refractivity contribution >= 4 is 34.9 Å². The Morgan fingerprint density at radius 3 is 1.07 bits per heavy atom. The van der Waals surface area contributed by atoms with Gasteiger partial charge in [-0.2, -0.15) is 0 Å². The van der Waals surface area contributed by atoms with E-state index in [2.05, 4.69) is 10.6 Å². The van der Waals surface area contributed by atoms with Gasteiger partial charge in [-0.05, 0) is 77.0 Å². The first-order valence-corrected chi connectivity index (χ1v) is 32.7. The second kappa shape index (κ2) is 46.1. The zero-order valence-corrected chi connectivity index (χ0v) is 53.5. The molecule has 0 aromatic heterocycles. The Kier molecular flexibility index (Phi) is 41.5. The van der Waals surface area contributed by atoms with Crippen molar-refractivity contribution in [2.24, 2.45) is 23.2 Å². The molecule has 0 saturated carbocycles. The van der Waals surface area contributed by atoms with Crippen LogP contribution in [0.1, 0.15) is 175 Å². The molecule has 0 bridgehead atoms. The number of hydrogen-bond donors (Lipinski definition) is 11. The number of carbonyl (C=O) groups excluding carboxylic acids is 6. The molecular weight excluding hydrogens is 1170 g/mol. The quantitative estimate of drug-likeness (QED) is 0.0387. The molecule has 15 atom stereocenters. The van der Waals surface area contributed by atoms with Crippen LogP contribution in [0.15, 0.2) is 0 Å². The molecule has 26 nitrogen and oxygen atoms in total. The molecular formula is C63H112N2O24. The maximum Gasteiger partial charge on any atom is 0.245 e. The molecule has 0 aromatic rings. The summed E-state index contributed by atoms with van der Waals surface area (Å²) in [5, 5.41) is 94.6. The van der Waals surface area contributed by atoms with E-state index >= 15 is 0 Å². The number of aliphatic hydroxyl groups excluding tert-OH is 9. The van der Waals surface area contributed by atoms with E-state index in [0.717, 1.165) is 12.8 Å². The van der Waals surface area contributed by atoms with Crippen molar-refractivity contribution in [3.63, 3.8) is 0 Å². The molecule has 15 unspecified atom stereocenters. The molecule has 3 aliphatic rings. The standard InChI is InChI=1S/C63H112N2O24/c1-42-54(75)57(78)49(36-66)87-60(42)84-30-14-11-22-45(69)18-7-5-9-20-47(71)25-33-82-40-63(4,27-35-81-39-53(74)65-29-17-28-64-52(73)24-13-16-32-86-62-44(3)56(77)59(80)51(38-68)89-62)41-83-34-26-48(72)21-10-6-8-19-46(70)23-12-15-31-85-61-43(2)55(76)58(79)50(37-67)88-61/h42-44,49-51,54-62,66-68,75-80H,5-41H2,1-4H3,(H,64,73)(H,65,74). The summed E-state index contributed by atoms with van der Waals surface area (Å²) in [6, 6.07) is 0. The zero-order valence-electron chi connectivity index (χ0n) is 53.5. The maximum atomic E-state index is 12.8. The van der Waals surface area contributed by atoms with Crippen molar-refractivity contribution in [1.82, 2.24) is 10.6 Å². The van der Waals surface area contributed by atoms with Crippen molar-refractivity contribution in [3.05, 3.63) is 0 Å². The van der Waals surface area contributed by atoms with Crippen LogP contribution in [0.5, 0.6) is 0 Å². The molecule has 11 N–H and O–H groups in total. The Morgan fingerprint density at radius 1 is 0.382 bits per heavy atom. The van der Waals surface area contributed by atoms with E-state index in [9.17, 15) is 74.7 Å². The number of nitrogens with one attached hydrogen (secondary N) is 2. The van der Waals surface area contributed by atoms with Crippen LogP contribution >= 0.6 is 0 Å². The SMILES string of the molecule is CC1C(OCCCCC(=O)CCCCCC(=O)CCOCC(C)(CCOCC(=O)NCCCNC(=O)CCCCOC2OC(CO)C(O)C(O)C2C)COCCC(=O)CCCCCC(=O)CCCCOC2OC(CO)C(O)C(O)C2C)OC(CO)C(O)C1O. The van der Waals surface area contributed by atoms with E-state index in [1.165, 1.54) is 0 Å². The van der Waals surface area contributed by atoms with Gasteiger partial charge in [-0.15, -0.1) is 0 Å². The van der Waals surface area contributed by atoms with Crippen LogP contribution in [0.25, 0.3) is 0 Å². The molecule has 3 heterocycles. The van der Waals surface area contributed by atoms with Gasteiger partial charge in [-0.1, -0.05) is 40.5 Å². The van der Waals surface area contributed by atoms with Gasteiger partial charge in [0.15, 0.2) is 18.9 Å². The van der Waals surface area contributed by atoms with Crippen LogP contribution in [-0.4, -0.2) is 247 Å². The number of hydrogen-bond acceptors (Lipinski definition) is 24. The van der Waals surface area contributed by atoms with Gasteiger partial charge in [0.05, 0.1) is 64.6 Å². The molecule has 0 radical (unpaired) electrons. The van der Waals surface area contributed by atoms with E-state index in [-0.39, 0.29) is 100 Å². The van der Waals surface area contributed by atoms with Crippen LogP contribution in [0.3, 0.4) is 0 Å². The number of amides is 2. The van der Waals surface area contributed by atoms with Gasteiger partial charge in [0.2, 0.25) is 11.8 Å². The summed E-state index contributed by atoms with van der Waals surface area (Å²) in [4.78, 5) is 75.5. The summed E-state index contributed by atoms with van der Waals surface area (Å²) < 4.78 is 51.6. The molecule has 0 aromatic carbocycles. The van der Waals surface area contributed by atoms with Crippen LogP contribution in [0.2, 0.25) is 0 Å². The fraction of sp³-hybridized carbons (Fsp3) is 0.905. The smallest absolute Gasteiger partial charge is 0.245 e. The Bertz CT molecular complexity index is 1750. The van der Waals surface area contributed by atoms with Crippen molar-refractivity contribution < 1.29 is 117 Å². The number of ether oxygens (including phenoxy) is 9. The molecule has 2 amide bonds. The summed E-state index contributed by atoms with van der Waals surface area (Å²) in [7, 11) is 0. The van der Waals surface area contributed by atoms with E-state index < -0.39 is 117 Å². The maximum absolute atomic E-state index is 12.8. The normalized spacial score (nSPS) is 27.9. The average Bonchev–Trinajstić information content (AvgIpc) is 3.38. The molecule has 3 fully saturated rings. The van der Waals surface area contributed by atoms with Gasteiger partial charge in [0, 0.05) is 120 Å². The van der Waals surface area contributed by atoms with Crippen LogP contribution in [0.4, 0.5) is 0 Å². The third-order valence-electron chi connectivity index (χ3n) is 16.8. The van der Waals surface area contributed by atoms with E-state index in [4.69, 9.17) is 42.6 Å². The largest absolute Gasteiger partial charge is 0.394 e. The Morgan fingerprint density at radius 2 is 0.708 bits per heavy atom. The zero-order chi connectivity index (χ0) is 65.6. The predicted octanol–water partition coefficient (Wildman–Crippen LogP) is 1.80. The predicted molar refractivity (Wildman–Crippen MR) is 321 cm³/mol. The lowest BCUT2D eigenvalue weighted by atomic mass is 9.89. The monoisotopic (exact) mass is 1280 g/mol. The molecule has 3 aliphatic heterocycles. The summed E-state index contributed by atoms with van der Waals surface area (Å²) in [5.41, 5.74) is -0.589. The van der Waals surface area contributed by atoms with Gasteiger partial charge in [-0.3, -0.25) is 28.8 Å². The number of aliphatic hydroxyl groups is 9.